The Morgan fingerprint density at radius 2 is 1.91 bits per heavy atom. The third kappa shape index (κ3) is 3.74. The van der Waals surface area contributed by atoms with Gasteiger partial charge in [-0.3, -0.25) is 14.5 Å². The number of amides is 1. The van der Waals surface area contributed by atoms with Crippen LogP contribution >= 0.6 is 0 Å². The normalized spacial score (nSPS) is 12.8. The third-order valence-electron chi connectivity index (χ3n) is 5.75. The molecule has 0 aliphatic heterocycles. The molecule has 34 heavy (non-hydrogen) atoms. The number of rotatable bonds is 4. The highest BCUT2D eigenvalue weighted by Crippen LogP contribution is 2.35. The van der Waals surface area contributed by atoms with Crippen molar-refractivity contribution in [2.75, 3.05) is 19.9 Å². The molecule has 3 heterocycles. The third-order valence-corrected chi connectivity index (χ3v) is 5.75. The first-order valence-corrected chi connectivity index (χ1v) is 10.0. The number of nitrogens with zero attached hydrogens (tertiary/aromatic N) is 5. The van der Waals surface area contributed by atoms with E-state index in [4.69, 9.17) is 10.5 Å². The second kappa shape index (κ2) is 8.12. The Bertz CT molecular complexity index is 1430. The molecule has 4 rings (SSSR count). The van der Waals surface area contributed by atoms with E-state index >= 15 is 0 Å². The number of carbonyl (C=O) groups excluding carboxylic acids is 1. The lowest BCUT2D eigenvalue weighted by Gasteiger charge is -2.26. The summed E-state index contributed by atoms with van der Waals surface area (Å²) in [5.41, 5.74) is 5.64. The van der Waals surface area contributed by atoms with Gasteiger partial charge in [0.15, 0.2) is 0 Å². The van der Waals surface area contributed by atoms with Crippen LogP contribution in [0.4, 0.5) is 23.4 Å². The van der Waals surface area contributed by atoms with Crippen molar-refractivity contribution in [1.82, 2.24) is 24.6 Å². The monoisotopic (exact) mass is 476 g/mol. The molecule has 0 aliphatic rings. The number of hydrogen-bond acceptors (Lipinski definition) is 6. The van der Waals surface area contributed by atoms with E-state index in [0.717, 1.165) is 12.1 Å². The van der Waals surface area contributed by atoms with Gasteiger partial charge in [-0.2, -0.15) is 18.3 Å². The molecule has 0 fully saturated rings. The average Bonchev–Trinajstić information content (AvgIpc) is 3.18. The molecule has 0 unspecified atom stereocenters. The Kier molecular flexibility index (Phi) is 5.54. The predicted octanol–water partition coefficient (Wildman–Crippen LogP) is 4.10. The number of halogens is 4. The van der Waals surface area contributed by atoms with E-state index in [1.54, 1.807) is 20.2 Å². The zero-order chi connectivity index (χ0) is 24.9. The summed E-state index contributed by atoms with van der Waals surface area (Å²) in [5, 5.41) is 5.23. The van der Waals surface area contributed by atoms with Gasteiger partial charge < -0.3 is 15.4 Å². The van der Waals surface area contributed by atoms with Crippen LogP contribution < -0.4 is 10.5 Å². The van der Waals surface area contributed by atoms with Crippen molar-refractivity contribution >= 4 is 33.5 Å². The molecule has 0 bridgehead atoms. The molecule has 178 valence electrons. The van der Waals surface area contributed by atoms with Crippen molar-refractivity contribution in [2.45, 2.75) is 19.1 Å². The Morgan fingerprint density at radius 3 is 2.56 bits per heavy atom. The highest BCUT2D eigenvalue weighted by atomic mass is 19.4. The molecule has 0 saturated heterocycles. The molecule has 2 N–H and O–H groups in total. The van der Waals surface area contributed by atoms with Crippen LogP contribution in [0.2, 0.25) is 0 Å². The highest BCUT2D eigenvalue weighted by molar-refractivity contribution is 6.10. The van der Waals surface area contributed by atoms with Gasteiger partial charge in [-0.05, 0) is 19.1 Å². The smallest absolute Gasteiger partial charge is 0.418 e. The van der Waals surface area contributed by atoms with Gasteiger partial charge in [-0.15, -0.1) is 0 Å². The van der Waals surface area contributed by atoms with E-state index in [1.807, 2.05) is 0 Å². The highest BCUT2D eigenvalue weighted by Gasteiger charge is 2.33. The summed E-state index contributed by atoms with van der Waals surface area (Å²) in [6.45, 7) is 1.55. The summed E-state index contributed by atoms with van der Waals surface area (Å²) in [7, 11) is 4.29. The van der Waals surface area contributed by atoms with E-state index in [-0.39, 0.29) is 28.3 Å². The molecule has 4 aromatic rings. The molecular weight excluding hydrogens is 456 g/mol. The van der Waals surface area contributed by atoms with Crippen LogP contribution in [0.25, 0.3) is 21.8 Å². The van der Waals surface area contributed by atoms with Crippen LogP contribution in [-0.4, -0.2) is 44.7 Å². The molecular formula is C22H20F4N6O2. The fourth-order valence-corrected chi connectivity index (χ4v) is 3.79. The SMILES string of the molecule is COc1cc(C(F)(F)F)cnc1[C@@H](C)N(C)C(=O)c1cc2c(cc1F)nc(N)c1c2cnn1C. The lowest BCUT2D eigenvalue weighted by Crippen LogP contribution is -2.31. The van der Waals surface area contributed by atoms with Crippen LogP contribution in [-0.2, 0) is 13.2 Å². The van der Waals surface area contributed by atoms with E-state index in [1.165, 1.54) is 29.8 Å². The fraction of sp³-hybridized carbons (Fsp3) is 0.273. The van der Waals surface area contributed by atoms with E-state index < -0.39 is 29.5 Å². The number of alkyl halides is 3. The Labute approximate surface area is 190 Å². The van der Waals surface area contributed by atoms with Crippen molar-refractivity contribution in [1.29, 1.82) is 0 Å². The average molecular weight is 476 g/mol. The summed E-state index contributed by atoms with van der Waals surface area (Å²) >= 11 is 0. The molecule has 0 radical (unpaired) electrons. The molecule has 1 atom stereocenters. The summed E-state index contributed by atoms with van der Waals surface area (Å²) in [4.78, 5) is 22.5. The van der Waals surface area contributed by atoms with Gasteiger partial charge in [-0.25, -0.2) is 9.37 Å². The number of benzene rings is 1. The number of aryl methyl sites for hydroxylation is 1. The van der Waals surface area contributed by atoms with Gasteiger partial charge >= 0.3 is 6.18 Å². The van der Waals surface area contributed by atoms with Crippen molar-refractivity contribution < 1.29 is 27.1 Å². The van der Waals surface area contributed by atoms with E-state index in [2.05, 4.69) is 15.1 Å². The lowest BCUT2D eigenvalue weighted by molar-refractivity contribution is -0.138. The van der Waals surface area contributed by atoms with Crippen LogP contribution in [0, 0.1) is 5.82 Å². The van der Waals surface area contributed by atoms with Crippen molar-refractivity contribution in [2.24, 2.45) is 7.05 Å². The summed E-state index contributed by atoms with van der Waals surface area (Å²) in [6, 6.07) is 2.45. The first-order valence-electron chi connectivity index (χ1n) is 10.0. The number of carbonyl (C=O) groups is 1. The standard InChI is InChI=1S/C22H20F4N6O2/c1-10(18-17(34-4)5-11(8-28-18)22(24,25)26)31(2)21(33)13-6-12-14-9-29-32(3)19(14)20(27)30-16(12)7-15(13)23/h5-10H,1-4H3,(H2,27,30)/t10-/m1/s1. The molecule has 0 aliphatic carbocycles. The van der Waals surface area contributed by atoms with Gasteiger partial charge in [-0.1, -0.05) is 0 Å². The Hall–Kier alpha value is -3.96. The predicted molar refractivity (Wildman–Crippen MR) is 117 cm³/mol. The number of anilines is 1. The Balaban J connectivity index is 1.75. The largest absolute Gasteiger partial charge is 0.495 e. The molecule has 0 spiro atoms. The lowest BCUT2D eigenvalue weighted by atomic mass is 10.0. The molecule has 1 amide bonds. The van der Waals surface area contributed by atoms with Crippen LogP contribution in [0.1, 0.15) is 34.6 Å². The molecule has 3 aromatic heterocycles. The molecule has 0 saturated carbocycles. The van der Waals surface area contributed by atoms with Crippen molar-refractivity contribution in [3.8, 4) is 5.75 Å². The van der Waals surface area contributed by atoms with Crippen molar-refractivity contribution in [3.05, 3.63) is 53.2 Å². The van der Waals surface area contributed by atoms with Gasteiger partial charge in [0.05, 0.1) is 36.0 Å². The summed E-state index contributed by atoms with van der Waals surface area (Å²) < 4.78 is 60.7. The number of ether oxygens (including phenoxy) is 1. The van der Waals surface area contributed by atoms with E-state index in [0.29, 0.717) is 22.5 Å². The van der Waals surface area contributed by atoms with Gasteiger partial charge in [0.25, 0.3) is 5.91 Å². The number of pyridine rings is 2. The number of nitrogen functional groups attached to an aromatic ring is 1. The van der Waals surface area contributed by atoms with Crippen LogP contribution in [0.5, 0.6) is 5.75 Å². The van der Waals surface area contributed by atoms with Gasteiger partial charge in [0.2, 0.25) is 0 Å². The van der Waals surface area contributed by atoms with Crippen LogP contribution in [0.3, 0.4) is 0 Å². The minimum absolute atomic E-state index is 0.0941. The second-order valence-corrected chi connectivity index (χ2v) is 7.78. The number of methoxy groups -OCH3 is 1. The van der Waals surface area contributed by atoms with Gasteiger partial charge in [0.1, 0.15) is 28.6 Å². The number of aromatic nitrogens is 4. The van der Waals surface area contributed by atoms with Crippen LogP contribution in [0.15, 0.2) is 30.6 Å². The second-order valence-electron chi connectivity index (χ2n) is 7.78. The van der Waals surface area contributed by atoms with Gasteiger partial charge in [0, 0.05) is 37.1 Å². The summed E-state index contributed by atoms with van der Waals surface area (Å²) in [6.07, 6.45) is -2.39. The minimum Gasteiger partial charge on any atom is -0.495 e. The molecule has 1 aromatic carbocycles. The number of fused-ring (bicyclic) bond motifs is 3. The maximum atomic E-state index is 14.9. The molecule has 8 nitrogen and oxygen atoms in total. The first kappa shape index (κ1) is 23.2. The Morgan fingerprint density at radius 1 is 1.21 bits per heavy atom. The van der Waals surface area contributed by atoms with E-state index in [9.17, 15) is 22.4 Å². The zero-order valence-electron chi connectivity index (χ0n) is 18.6. The fourth-order valence-electron chi connectivity index (χ4n) is 3.79. The summed E-state index contributed by atoms with van der Waals surface area (Å²) in [5.74, 6) is -1.49. The zero-order valence-corrected chi connectivity index (χ0v) is 18.6. The maximum absolute atomic E-state index is 14.9. The number of nitrogens with two attached hydrogens (primary N) is 1. The topological polar surface area (TPSA) is 99.2 Å². The number of hydrogen-bond donors (Lipinski definition) is 1. The minimum atomic E-state index is -4.60. The quantitative estimate of drug-likeness (QED) is 0.446. The van der Waals surface area contributed by atoms with Crippen molar-refractivity contribution in [3.63, 3.8) is 0 Å². The maximum Gasteiger partial charge on any atom is 0.418 e. The molecule has 12 heteroatoms. The first-order chi connectivity index (χ1) is 15.9.